The first-order valence-corrected chi connectivity index (χ1v) is 7.27. The molecule has 1 amide bonds. The van der Waals surface area contributed by atoms with Crippen LogP contribution in [0.25, 0.3) is 11.3 Å². The third-order valence-corrected chi connectivity index (χ3v) is 3.43. The van der Waals surface area contributed by atoms with E-state index >= 15 is 0 Å². The zero-order valence-corrected chi connectivity index (χ0v) is 12.6. The number of aromatic amines is 1. The molecular weight excluding hydrogens is 293 g/mol. The van der Waals surface area contributed by atoms with Crippen molar-refractivity contribution < 1.29 is 9.18 Å². The maximum absolute atomic E-state index is 12.9. The van der Waals surface area contributed by atoms with Crippen molar-refractivity contribution in [3.8, 4) is 11.3 Å². The van der Waals surface area contributed by atoms with Crippen LogP contribution in [0.1, 0.15) is 11.3 Å². The van der Waals surface area contributed by atoms with Crippen LogP contribution in [0.3, 0.4) is 0 Å². The summed E-state index contributed by atoms with van der Waals surface area (Å²) >= 11 is 0. The zero-order chi connectivity index (χ0) is 16.2. The molecule has 1 aromatic heterocycles. The Morgan fingerprint density at radius 2 is 1.96 bits per heavy atom. The fourth-order valence-corrected chi connectivity index (χ4v) is 2.32. The lowest BCUT2D eigenvalue weighted by molar-refractivity contribution is -0.115. The Labute approximate surface area is 133 Å². The number of carbonyl (C=O) groups is 1. The van der Waals surface area contributed by atoms with E-state index in [4.69, 9.17) is 0 Å². The summed E-state index contributed by atoms with van der Waals surface area (Å²) < 4.78 is 12.9. The van der Waals surface area contributed by atoms with Gasteiger partial charge in [0, 0.05) is 16.9 Å². The molecule has 0 radical (unpaired) electrons. The molecule has 3 aromatic rings. The predicted octanol–water partition coefficient (Wildman–Crippen LogP) is 3.71. The molecule has 0 saturated heterocycles. The van der Waals surface area contributed by atoms with Gasteiger partial charge in [-0.25, -0.2) is 4.39 Å². The van der Waals surface area contributed by atoms with Crippen molar-refractivity contribution >= 4 is 11.6 Å². The highest BCUT2D eigenvalue weighted by atomic mass is 19.1. The molecule has 2 N–H and O–H groups in total. The smallest absolute Gasteiger partial charge is 0.228 e. The summed E-state index contributed by atoms with van der Waals surface area (Å²) in [6.07, 6.45) is 0.200. The van der Waals surface area contributed by atoms with Gasteiger partial charge in [-0.15, -0.1) is 0 Å². The highest BCUT2D eigenvalue weighted by Crippen LogP contribution is 2.21. The number of halogens is 1. The number of rotatable bonds is 4. The Morgan fingerprint density at radius 1 is 1.17 bits per heavy atom. The number of nitrogens with zero attached hydrogens (tertiary/aromatic N) is 1. The van der Waals surface area contributed by atoms with Gasteiger partial charge in [-0.05, 0) is 42.8 Å². The van der Waals surface area contributed by atoms with Crippen molar-refractivity contribution in [3.63, 3.8) is 0 Å². The summed E-state index contributed by atoms with van der Waals surface area (Å²) in [6.45, 7) is 1.94. The van der Waals surface area contributed by atoms with Crippen molar-refractivity contribution in [2.24, 2.45) is 0 Å². The minimum absolute atomic E-state index is 0.146. The van der Waals surface area contributed by atoms with E-state index in [1.807, 2.05) is 37.3 Å². The van der Waals surface area contributed by atoms with Crippen molar-refractivity contribution in [2.75, 3.05) is 5.32 Å². The molecule has 0 atom stereocenters. The van der Waals surface area contributed by atoms with Gasteiger partial charge in [0.25, 0.3) is 0 Å². The summed E-state index contributed by atoms with van der Waals surface area (Å²) in [5, 5.41) is 9.96. The molecule has 0 aliphatic heterocycles. The van der Waals surface area contributed by atoms with E-state index in [0.29, 0.717) is 5.69 Å². The summed E-state index contributed by atoms with van der Waals surface area (Å²) in [4.78, 5) is 12.1. The fourth-order valence-electron chi connectivity index (χ4n) is 2.32. The second-order valence-corrected chi connectivity index (χ2v) is 5.37. The highest BCUT2D eigenvalue weighted by Gasteiger charge is 2.07. The topological polar surface area (TPSA) is 57.8 Å². The van der Waals surface area contributed by atoms with Crippen LogP contribution in [-0.4, -0.2) is 16.1 Å². The highest BCUT2D eigenvalue weighted by molar-refractivity contribution is 5.92. The fraction of sp³-hybridized carbons (Fsp3) is 0.111. The summed E-state index contributed by atoms with van der Waals surface area (Å²) in [6, 6.07) is 15.4. The van der Waals surface area contributed by atoms with Crippen molar-refractivity contribution in [3.05, 3.63) is 71.7 Å². The molecule has 0 aliphatic carbocycles. The lowest BCUT2D eigenvalue weighted by Crippen LogP contribution is -2.14. The lowest BCUT2D eigenvalue weighted by atomic mass is 10.1. The number of nitrogens with one attached hydrogen (secondary N) is 2. The molecule has 0 saturated carbocycles. The number of H-pyrrole nitrogens is 1. The predicted molar refractivity (Wildman–Crippen MR) is 87.5 cm³/mol. The standard InChI is InChI=1S/C18H16FN3O/c1-12-9-17(22-21-12)14-3-2-4-16(11-14)20-18(23)10-13-5-7-15(19)8-6-13/h2-9,11H,10H2,1H3,(H,20,23)(H,21,22). The maximum Gasteiger partial charge on any atom is 0.228 e. The molecular formula is C18H16FN3O. The average Bonchev–Trinajstić information content (AvgIpc) is 2.96. The van der Waals surface area contributed by atoms with Crippen molar-refractivity contribution in [2.45, 2.75) is 13.3 Å². The van der Waals surface area contributed by atoms with Crippen LogP contribution in [0.5, 0.6) is 0 Å². The van der Waals surface area contributed by atoms with Crippen LogP contribution >= 0.6 is 0 Å². The van der Waals surface area contributed by atoms with E-state index in [9.17, 15) is 9.18 Å². The van der Waals surface area contributed by atoms with Gasteiger partial charge in [0.05, 0.1) is 12.1 Å². The first-order valence-electron chi connectivity index (χ1n) is 7.27. The van der Waals surface area contributed by atoms with Crippen LogP contribution in [-0.2, 0) is 11.2 Å². The van der Waals surface area contributed by atoms with Gasteiger partial charge >= 0.3 is 0 Å². The second kappa shape index (κ2) is 6.44. The number of benzene rings is 2. The number of anilines is 1. The lowest BCUT2D eigenvalue weighted by Gasteiger charge is -2.07. The molecule has 3 rings (SSSR count). The van der Waals surface area contributed by atoms with Crippen LogP contribution in [0.2, 0.25) is 0 Å². The molecule has 4 nitrogen and oxygen atoms in total. The SMILES string of the molecule is Cc1cc(-c2cccc(NC(=O)Cc3ccc(F)cc3)c2)n[nH]1. The number of hydrogen-bond acceptors (Lipinski definition) is 2. The Kier molecular flexibility index (Phi) is 4.19. The number of amides is 1. The third-order valence-electron chi connectivity index (χ3n) is 3.43. The normalized spacial score (nSPS) is 10.5. The van der Waals surface area contributed by atoms with Crippen LogP contribution in [0.15, 0.2) is 54.6 Å². The number of aromatic nitrogens is 2. The zero-order valence-electron chi connectivity index (χ0n) is 12.6. The van der Waals surface area contributed by atoms with Gasteiger partial charge in [0.2, 0.25) is 5.91 Å². The summed E-state index contributed by atoms with van der Waals surface area (Å²) in [7, 11) is 0. The van der Waals surface area contributed by atoms with E-state index in [-0.39, 0.29) is 18.1 Å². The minimum atomic E-state index is -0.309. The first-order chi connectivity index (χ1) is 11.1. The van der Waals surface area contributed by atoms with Gasteiger partial charge < -0.3 is 5.32 Å². The summed E-state index contributed by atoms with van der Waals surface area (Å²) in [5.41, 5.74) is 4.20. The van der Waals surface area contributed by atoms with Gasteiger partial charge in [0.15, 0.2) is 0 Å². The van der Waals surface area contributed by atoms with Gasteiger partial charge in [-0.3, -0.25) is 9.89 Å². The largest absolute Gasteiger partial charge is 0.326 e. The first kappa shape index (κ1) is 15.0. The Balaban J connectivity index is 1.70. The average molecular weight is 309 g/mol. The van der Waals surface area contributed by atoms with E-state index in [2.05, 4.69) is 15.5 Å². The van der Waals surface area contributed by atoms with E-state index in [1.54, 1.807) is 12.1 Å². The molecule has 23 heavy (non-hydrogen) atoms. The number of carbonyl (C=O) groups excluding carboxylic acids is 1. The monoisotopic (exact) mass is 309 g/mol. The Bertz CT molecular complexity index is 824. The third kappa shape index (κ3) is 3.83. The second-order valence-electron chi connectivity index (χ2n) is 5.37. The maximum atomic E-state index is 12.9. The molecule has 0 fully saturated rings. The quantitative estimate of drug-likeness (QED) is 0.772. The van der Waals surface area contributed by atoms with Gasteiger partial charge in [-0.1, -0.05) is 24.3 Å². The van der Waals surface area contributed by atoms with E-state index < -0.39 is 0 Å². The van der Waals surface area contributed by atoms with Gasteiger partial charge in [0.1, 0.15) is 5.82 Å². The summed E-state index contributed by atoms with van der Waals surface area (Å²) in [5.74, 6) is -0.455. The molecule has 116 valence electrons. The number of aryl methyl sites for hydroxylation is 1. The van der Waals surface area contributed by atoms with E-state index in [1.165, 1.54) is 12.1 Å². The van der Waals surface area contributed by atoms with Crippen LogP contribution < -0.4 is 5.32 Å². The molecule has 2 aromatic carbocycles. The molecule has 0 unspecified atom stereocenters. The Hall–Kier alpha value is -2.95. The minimum Gasteiger partial charge on any atom is -0.326 e. The van der Waals surface area contributed by atoms with Gasteiger partial charge in [-0.2, -0.15) is 5.10 Å². The molecule has 0 spiro atoms. The molecule has 0 aliphatic rings. The molecule has 1 heterocycles. The van der Waals surface area contributed by atoms with Crippen LogP contribution in [0.4, 0.5) is 10.1 Å². The molecule has 5 heteroatoms. The van der Waals surface area contributed by atoms with E-state index in [0.717, 1.165) is 22.5 Å². The molecule has 0 bridgehead atoms. The van der Waals surface area contributed by atoms with Crippen molar-refractivity contribution in [1.29, 1.82) is 0 Å². The van der Waals surface area contributed by atoms with Crippen LogP contribution in [0, 0.1) is 12.7 Å². The number of hydrogen-bond donors (Lipinski definition) is 2. The Morgan fingerprint density at radius 3 is 2.65 bits per heavy atom. The van der Waals surface area contributed by atoms with Crippen molar-refractivity contribution in [1.82, 2.24) is 10.2 Å².